The minimum absolute atomic E-state index is 0.241. The summed E-state index contributed by atoms with van der Waals surface area (Å²) in [5.41, 5.74) is -4.33. The molecular formula is C10H15N2O7PS2. The van der Waals surface area contributed by atoms with Crippen LogP contribution in [0.25, 0.3) is 0 Å². The lowest BCUT2D eigenvalue weighted by Crippen LogP contribution is -2.38. The van der Waals surface area contributed by atoms with Gasteiger partial charge in [-0.15, -0.1) is 0 Å². The van der Waals surface area contributed by atoms with Gasteiger partial charge in [-0.3, -0.25) is 14.3 Å². The Balaban J connectivity index is 2.23. The molecule has 4 N–H and O–H groups in total. The minimum atomic E-state index is -3.24. The average Bonchev–Trinajstić information content (AvgIpc) is 2.68. The second-order valence-corrected chi connectivity index (χ2v) is 9.97. The minimum Gasteiger partial charge on any atom is -0.387 e. The Kier molecular flexibility index (Phi) is 5.30. The van der Waals surface area contributed by atoms with Gasteiger partial charge in [-0.25, -0.2) is 4.79 Å². The predicted octanol–water partition coefficient (Wildman–Crippen LogP) is -1.37. The number of nitrogens with one attached hydrogen (secondary N) is 1. The molecule has 5 atom stereocenters. The van der Waals surface area contributed by atoms with Gasteiger partial charge in [-0.05, 0) is 18.7 Å². The number of aromatic amines is 1. The smallest absolute Gasteiger partial charge is 0.330 e. The maximum atomic E-state index is 11.8. The van der Waals surface area contributed by atoms with E-state index in [9.17, 15) is 24.7 Å². The zero-order chi connectivity index (χ0) is 16.7. The highest BCUT2D eigenvalue weighted by atomic mass is 32.9. The first-order valence-electron chi connectivity index (χ1n) is 6.14. The molecule has 0 aromatic carbocycles. The van der Waals surface area contributed by atoms with E-state index in [1.807, 2.05) is 0 Å². The SMILES string of the molecule is Cc1cn([C@@H]2O[C@H](COP(O)(=S)S)[C@@H](O)[C@H]2O)c(=O)[nH]c1=O. The second-order valence-electron chi connectivity index (χ2n) is 4.81. The Morgan fingerprint density at radius 1 is 1.50 bits per heavy atom. The first-order chi connectivity index (χ1) is 10.1. The number of rotatable bonds is 4. The van der Waals surface area contributed by atoms with Crippen LogP contribution in [0.3, 0.4) is 0 Å². The molecule has 9 nitrogen and oxygen atoms in total. The summed E-state index contributed by atoms with van der Waals surface area (Å²) in [6, 6.07) is 0. The van der Waals surface area contributed by atoms with Gasteiger partial charge >= 0.3 is 5.69 Å². The lowest BCUT2D eigenvalue weighted by Gasteiger charge is -2.17. The van der Waals surface area contributed by atoms with Crippen molar-refractivity contribution in [3.63, 3.8) is 0 Å². The number of ether oxygens (including phenoxy) is 1. The number of thiol groups is 1. The molecule has 124 valence electrons. The summed E-state index contributed by atoms with van der Waals surface area (Å²) in [4.78, 5) is 34.5. The van der Waals surface area contributed by atoms with Gasteiger partial charge in [0.25, 0.3) is 5.56 Å². The number of aliphatic hydroxyl groups excluding tert-OH is 2. The molecule has 1 aliphatic heterocycles. The van der Waals surface area contributed by atoms with E-state index in [1.54, 1.807) is 0 Å². The number of nitrogens with zero attached hydrogens (tertiary/aromatic N) is 1. The maximum absolute atomic E-state index is 11.8. The highest BCUT2D eigenvalue weighted by Crippen LogP contribution is 2.47. The summed E-state index contributed by atoms with van der Waals surface area (Å²) < 4.78 is 11.3. The van der Waals surface area contributed by atoms with Crippen molar-refractivity contribution in [1.82, 2.24) is 9.55 Å². The predicted molar refractivity (Wildman–Crippen MR) is 83.4 cm³/mol. The molecule has 12 heteroatoms. The van der Waals surface area contributed by atoms with Crippen LogP contribution >= 0.6 is 17.9 Å². The van der Waals surface area contributed by atoms with Crippen LogP contribution in [-0.4, -0.2) is 49.6 Å². The molecule has 1 aromatic rings. The van der Waals surface area contributed by atoms with E-state index in [-0.39, 0.29) is 12.2 Å². The Hall–Kier alpha value is -0.520. The van der Waals surface area contributed by atoms with E-state index >= 15 is 0 Å². The largest absolute Gasteiger partial charge is 0.387 e. The number of aliphatic hydroxyl groups is 2. The van der Waals surface area contributed by atoms with E-state index in [4.69, 9.17) is 9.26 Å². The quantitative estimate of drug-likeness (QED) is 0.324. The molecule has 2 heterocycles. The summed E-state index contributed by atoms with van der Waals surface area (Å²) in [5.74, 6) is 0. The van der Waals surface area contributed by atoms with Crippen molar-refractivity contribution in [2.75, 3.05) is 6.61 Å². The Bertz CT molecular complexity index is 714. The third-order valence-corrected chi connectivity index (χ3v) is 4.31. The molecule has 0 radical (unpaired) electrons. The third-order valence-electron chi connectivity index (χ3n) is 3.16. The van der Waals surface area contributed by atoms with Gasteiger partial charge in [-0.2, -0.15) is 0 Å². The molecule has 1 fully saturated rings. The number of aryl methyl sites for hydroxylation is 1. The van der Waals surface area contributed by atoms with Crippen LogP contribution in [0.4, 0.5) is 0 Å². The van der Waals surface area contributed by atoms with Crippen LogP contribution < -0.4 is 11.2 Å². The molecule has 1 aromatic heterocycles. The fourth-order valence-corrected chi connectivity index (χ4v) is 2.77. The third kappa shape index (κ3) is 3.87. The normalized spacial score (nSPS) is 31.1. The number of hydrogen-bond donors (Lipinski definition) is 5. The van der Waals surface area contributed by atoms with Crippen molar-refractivity contribution < 1.29 is 24.4 Å². The van der Waals surface area contributed by atoms with Gasteiger partial charge in [-0.1, -0.05) is 12.2 Å². The molecule has 0 spiro atoms. The van der Waals surface area contributed by atoms with Crippen molar-refractivity contribution >= 4 is 29.7 Å². The van der Waals surface area contributed by atoms with Gasteiger partial charge in [0.05, 0.1) is 6.61 Å². The summed E-state index contributed by atoms with van der Waals surface area (Å²) in [7, 11) is 0. The van der Waals surface area contributed by atoms with Crippen molar-refractivity contribution in [2.24, 2.45) is 0 Å². The highest BCUT2D eigenvalue weighted by molar-refractivity contribution is 8.59. The van der Waals surface area contributed by atoms with E-state index in [0.29, 0.717) is 0 Å². The van der Waals surface area contributed by atoms with Crippen molar-refractivity contribution in [3.8, 4) is 0 Å². The summed E-state index contributed by atoms with van der Waals surface area (Å²) in [6.45, 7) is 1.18. The molecule has 0 amide bonds. The molecule has 22 heavy (non-hydrogen) atoms. The topological polar surface area (TPSA) is 134 Å². The molecule has 2 rings (SSSR count). The Morgan fingerprint density at radius 2 is 2.14 bits per heavy atom. The Morgan fingerprint density at radius 3 is 2.73 bits per heavy atom. The van der Waals surface area contributed by atoms with Gasteiger partial charge in [0.2, 0.25) is 5.69 Å². The lowest BCUT2D eigenvalue weighted by molar-refractivity contribution is -0.0512. The van der Waals surface area contributed by atoms with Crippen molar-refractivity contribution in [1.29, 1.82) is 0 Å². The highest BCUT2D eigenvalue weighted by Gasteiger charge is 2.44. The molecule has 1 aliphatic rings. The van der Waals surface area contributed by atoms with E-state index < -0.39 is 41.5 Å². The first kappa shape index (κ1) is 17.8. The zero-order valence-electron chi connectivity index (χ0n) is 11.3. The average molecular weight is 370 g/mol. The van der Waals surface area contributed by atoms with E-state index in [2.05, 4.69) is 29.0 Å². The van der Waals surface area contributed by atoms with Gasteiger partial charge in [0.15, 0.2) is 6.23 Å². The number of hydrogen-bond acceptors (Lipinski definition) is 7. The molecule has 0 bridgehead atoms. The number of aromatic nitrogens is 2. The van der Waals surface area contributed by atoms with Gasteiger partial charge in [0, 0.05) is 11.8 Å². The standard InChI is InChI=1S/C10H15N2O7PS2/c1-4-2-12(10(16)11-8(4)15)9-7(14)6(13)5(19-9)3-18-20(17,21)22/h2,5-7,9,13-14H,3H2,1H3,(H,11,15,16)(H2,17,21,22)/t5-,6-,7-,9-/m1/s1. The fourth-order valence-electron chi connectivity index (χ4n) is 2.04. The molecular weight excluding hydrogens is 355 g/mol. The summed E-state index contributed by atoms with van der Waals surface area (Å²) >= 11 is 8.25. The molecule has 0 saturated carbocycles. The van der Waals surface area contributed by atoms with Crippen LogP contribution in [-0.2, 0) is 21.1 Å². The van der Waals surface area contributed by atoms with Crippen LogP contribution in [0.2, 0.25) is 0 Å². The fraction of sp³-hybridized carbons (Fsp3) is 0.600. The molecule has 1 saturated heterocycles. The second kappa shape index (κ2) is 6.54. The molecule has 1 unspecified atom stereocenters. The van der Waals surface area contributed by atoms with Crippen LogP contribution in [0.5, 0.6) is 0 Å². The van der Waals surface area contributed by atoms with Gasteiger partial charge in [0.1, 0.15) is 18.3 Å². The maximum Gasteiger partial charge on any atom is 0.330 e. The summed E-state index contributed by atoms with van der Waals surface area (Å²) in [5, 5.41) is 19.9. The lowest BCUT2D eigenvalue weighted by atomic mass is 10.1. The molecule has 0 aliphatic carbocycles. The van der Waals surface area contributed by atoms with Crippen molar-refractivity contribution in [3.05, 3.63) is 32.6 Å². The van der Waals surface area contributed by atoms with Crippen LogP contribution in [0, 0.1) is 6.92 Å². The van der Waals surface area contributed by atoms with E-state index in [0.717, 1.165) is 4.57 Å². The number of H-pyrrole nitrogens is 1. The Labute approximate surface area is 134 Å². The first-order valence-corrected chi connectivity index (χ1v) is 9.96. The van der Waals surface area contributed by atoms with E-state index in [1.165, 1.54) is 13.1 Å². The van der Waals surface area contributed by atoms with Gasteiger partial charge < -0.3 is 24.4 Å². The van der Waals surface area contributed by atoms with Crippen LogP contribution in [0.15, 0.2) is 15.8 Å². The zero-order valence-corrected chi connectivity index (χ0v) is 13.9. The van der Waals surface area contributed by atoms with Crippen molar-refractivity contribution in [2.45, 2.75) is 31.5 Å². The monoisotopic (exact) mass is 370 g/mol. The summed E-state index contributed by atoms with van der Waals surface area (Å²) in [6.07, 6.45) is -3.78. The van der Waals surface area contributed by atoms with Crippen LogP contribution in [0.1, 0.15) is 11.8 Å².